The van der Waals surface area contributed by atoms with E-state index in [1.54, 1.807) is 0 Å². The van der Waals surface area contributed by atoms with E-state index >= 15 is 0 Å². The van der Waals surface area contributed by atoms with Crippen molar-refractivity contribution in [2.24, 2.45) is 0 Å². The molecule has 0 rings (SSSR count). The fourth-order valence-electron chi connectivity index (χ4n) is 0.743. The number of ether oxygens (including phenoxy) is 2. The van der Waals surface area contributed by atoms with Crippen molar-refractivity contribution >= 4 is 7.25 Å². The van der Waals surface area contributed by atoms with Gasteiger partial charge in [0, 0.05) is 0 Å². The molecule has 0 heterocycles. The first-order valence-electron chi connectivity index (χ1n) is 5.61. The number of hydrogen-bond donors (Lipinski definition) is 1. The van der Waals surface area contributed by atoms with Gasteiger partial charge in [0.05, 0.1) is 12.2 Å². The van der Waals surface area contributed by atoms with Crippen LogP contribution in [0.3, 0.4) is 0 Å². The average molecular weight is 263 g/mol. The molecule has 0 amide bonds. The third-order valence-corrected chi connectivity index (χ3v) is 1.92. The monoisotopic (exact) mass is 263 g/mol. The zero-order valence-corrected chi connectivity index (χ0v) is 10.8. The summed E-state index contributed by atoms with van der Waals surface area (Å²) in [6.07, 6.45) is 2.13. The molecule has 0 saturated carbocycles. The van der Waals surface area contributed by atoms with Gasteiger partial charge in [-0.2, -0.15) is 0 Å². The van der Waals surface area contributed by atoms with Crippen LogP contribution >= 0.6 is 0 Å². The Hall–Kier alpha value is -0.335. The molecule has 0 aromatic heterocycles. The number of quaternary nitrogens is 1. The smallest absolute Gasteiger partial charge is 0.418 e. The predicted molar refractivity (Wildman–Crippen MR) is 58.5 cm³/mol. The molecule has 0 aromatic carbocycles. The third kappa shape index (κ3) is 21.5. The molecule has 0 radical (unpaired) electrons. The molecule has 0 aliphatic rings. The van der Waals surface area contributed by atoms with Crippen LogP contribution in [0.4, 0.5) is 17.3 Å². The molecule has 2 atom stereocenters. The molecule has 0 aromatic rings. The highest BCUT2D eigenvalue weighted by molar-refractivity contribution is 6.50. The standard InChI is InChI=1S/C9H21NO2.BF4/c1-5-7(3)11-9(10)12-8(4)6-2;2-1(3,4)5/h7-9H,5-6,10H2,1-4H3;/q;-1/p+1. The topological polar surface area (TPSA) is 46.1 Å². The summed E-state index contributed by atoms with van der Waals surface area (Å²) in [5, 5.41) is 0. The summed E-state index contributed by atoms with van der Waals surface area (Å²) in [7, 11) is -6.00. The predicted octanol–water partition coefficient (Wildman–Crippen LogP) is 2.44. The van der Waals surface area contributed by atoms with Gasteiger partial charge in [-0.15, -0.1) is 0 Å². The SMILES string of the molecule is CCC(C)OC([NH3+])OC(C)CC.F[B-](F)(F)F. The summed E-state index contributed by atoms with van der Waals surface area (Å²) in [5.41, 5.74) is 3.77. The second-order valence-electron chi connectivity index (χ2n) is 3.63. The normalized spacial score (nSPS) is 16.8. The van der Waals surface area contributed by atoms with Gasteiger partial charge >= 0.3 is 13.7 Å². The zero-order valence-electron chi connectivity index (χ0n) is 10.8. The second-order valence-corrected chi connectivity index (χ2v) is 3.63. The average Bonchev–Trinajstić information content (AvgIpc) is 2.14. The van der Waals surface area contributed by atoms with Crippen LogP contribution in [-0.2, 0) is 9.47 Å². The number of hydrogen-bond acceptors (Lipinski definition) is 2. The Labute approximate surface area is 99.7 Å². The van der Waals surface area contributed by atoms with Gasteiger partial charge in [0.2, 0.25) is 0 Å². The molecular formula is C9H22BF4NO2. The molecule has 3 N–H and O–H groups in total. The van der Waals surface area contributed by atoms with E-state index in [1.807, 2.05) is 13.8 Å². The van der Waals surface area contributed by atoms with Gasteiger partial charge in [0.1, 0.15) is 0 Å². The minimum Gasteiger partial charge on any atom is -0.418 e. The first-order chi connectivity index (χ1) is 7.60. The van der Waals surface area contributed by atoms with Gasteiger partial charge in [0.15, 0.2) is 0 Å². The Morgan fingerprint density at radius 1 is 0.941 bits per heavy atom. The van der Waals surface area contributed by atoms with Crippen molar-refractivity contribution in [3.05, 3.63) is 0 Å². The van der Waals surface area contributed by atoms with E-state index in [1.165, 1.54) is 0 Å². The fraction of sp³-hybridized carbons (Fsp3) is 1.00. The summed E-state index contributed by atoms with van der Waals surface area (Å²) < 4.78 is 49.9. The van der Waals surface area contributed by atoms with E-state index in [-0.39, 0.29) is 18.6 Å². The van der Waals surface area contributed by atoms with Gasteiger partial charge in [-0.25, -0.2) is 0 Å². The third-order valence-electron chi connectivity index (χ3n) is 1.92. The van der Waals surface area contributed by atoms with Crippen LogP contribution in [0.15, 0.2) is 0 Å². The lowest BCUT2D eigenvalue weighted by molar-refractivity contribution is -0.573. The van der Waals surface area contributed by atoms with Crippen LogP contribution in [0.2, 0.25) is 0 Å². The lowest BCUT2D eigenvalue weighted by Gasteiger charge is -2.18. The second kappa shape index (κ2) is 9.67. The Morgan fingerprint density at radius 3 is 1.35 bits per heavy atom. The molecule has 8 heteroatoms. The maximum Gasteiger partial charge on any atom is 0.673 e. The fourth-order valence-corrected chi connectivity index (χ4v) is 0.743. The Bertz CT molecular complexity index is 165. The van der Waals surface area contributed by atoms with Crippen LogP contribution < -0.4 is 5.73 Å². The zero-order chi connectivity index (χ0) is 14.1. The first-order valence-corrected chi connectivity index (χ1v) is 5.61. The maximum atomic E-state index is 9.75. The van der Waals surface area contributed by atoms with Crippen molar-refractivity contribution in [3.8, 4) is 0 Å². The summed E-state index contributed by atoms with van der Waals surface area (Å²) in [6.45, 7) is 8.22. The van der Waals surface area contributed by atoms with Crippen LogP contribution in [-0.4, -0.2) is 25.9 Å². The highest BCUT2D eigenvalue weighted by atomic mass is 19.5. The van der Waals surface area contributed by atoms with E-state index < -0.39 is 7.25 Å². The maximum absolute atomic E-state index is 9.75. The van der Waals surface area contributed by atoms with E-state index in [0.717, 1.165) is 12.8 Å². The van der Waals surface area contributed by atoms with Gasteiger partial charge in [-0.05, 0) is 26.7 Å². The van der Waals surface area contributed by atoms with Gasteiger partial charge in [-0.1, -0.05) is 13.8 Å². The summed E-state index contributed by atoms with van der Waals surface area (Å²) in [5.74, 6) is 0. The molecule has 0 spiro atoms. The highest BCUT2D eigenvalue weighted by Gasteiger charge is 2.20. The summed E-state index contributed by atoms with van der Waals surface area (Å²) >= 11 is 0. The molecule has 0 aliphatic carbocycles. The van der Waals surface area contributed by atoms with Crippen LogP contribution in [0.25, 0.3) is 0 Å². The van der Waals surface area contributed by atoms with E-state index in [4.69, 9.17) is 9.47 Å². The minimum atomic E-state index is -6.00. The Morgan fingerprint density at radius 2 is 1.18 bits per heavy atom. The molecule has 17 heavy (non-hydrogen) atoms. The Balaban J connectivity index is 0. The number of rotatable bonds is 6. The molecule has 0 aliphatic heterocycles. The van der Waals surface area contributed by atoms with Crippen molar-refractivity contribution in [1.82, 2.24) is 0 Å². The molecule has 0 saturated heterocycles. The van der Waals surface area contributed by atoms with Crippen LogP contribution in [0, 0.1) is 0 Å². The molecule has 106 valence electrons. The molecular weight excluding hydrogens is 241 g/mol. The highest BCUT2D eigenvalue weighted by Crippen LogP contribution is 2.06. The Kier molecular flexibility index (Phi) is 10.8. The molecule has 0 fully saturated rings. The van der Waals surface area contributed by atoms with E-state index in [2.05, 4.69) is 19.6 Å². The van der Waals surface area contributed by atoms with Crippen molar-refractivity contribution in [2.75, 3.05) is 0 Å². The van der Waals surface area contributed by atoms with Gasteiger partial charge in [0.25, 0.3) is 0 Å². The van der Waals surface area contributed by atoms with E-state index in [9.17, 15) is 17.3 Å². The lowest BCUT2D eigenvalue weighted by Crippen LogP contribution is -2.65. The summed E-state index contributed by atoms with van der Waals surface area (Å²) in [4.78, 5) is 0. The molecule has 0 bridgehead atoms. The lowest BCUT2D eigenvalue weighted by atomic mass is 10.3. The minimum absolute atomic E-state index is 0.233. The van der Waals surface area contributed by atoms with E-state index in [0.29, 0.717) is 0 Å². The molecule has 2 unspecified atom stereocenters. The van der Waals surface area contributed by atoms with Crippen molar-refractivity contribution in [3.63, 3.8) is 0 Å². The van der Waals surface area contributed by atoms with Crippen molar-refractivity contribution < 1.29 is 32.5 Å². The van der Waals surface area contributed by atoms with Gasteiger partial charge in [-0.3, -0.25) is 0 Å². The largest absolute Gasteiger partial charge is 0.673 e. The van der Waals surface area contributed by atoms with Crippen LogP contribution in [0.1, 0.15) is 40.5 Å². The molecule has 3 nitrogen and oxygen atoms in total. The van der Waals surface area contributed by atoms with Gasteiger partial charge < -0.3 is 32.5 Å². The number of halogens is 4. The quantitative estimate of drug-likeness (QED) is 0.454. The van der Waals surface area contributed by atoms with Crippen molar-refractivity contribution in [2.45, 2.75) is 59.2 Å². The summed E-state index contributed by atoms with van der Waals surface area (Å²) in [6, 6.07) is 0. The van der Waals surface area contributed by atoms with Crippen LogP contribution in [0.5, 0.6) is 0 Å². The van der Waals surface area contributed by atoms with Crippen molar-refractivity contribution in [1.29, 1.82) is 0 Å². The first kappa shape index (κ1) is 19.0.